The normalized spacial score (nSPS) is 16.5. The van der Waals surface area contributed by atoms with Crippen molar-refractivity contribution in [2.75, 3.05) is 13.1 Å². The second-order valence-electron chi connectivity index (χ2n) is 6.84. The summed E-state index contributed by atoms with van der Waals surface area (Å²) in [6.45, 7) is 1.33. The van der Waals surface area contributed by atoms with Gasteiger partial charge in [0.2, 0.25) is 5.91 Å². The maximum atomic E-state index is 12.9. The summed E-state index contributed by atoms with van der Waals surface area (Å²) >= 11 is 5.89. The van der Waals surface area contributed by atoms with Crippen molar-refractivity contribution in [3.63, 3.8) is 0 Å². The molecule has 3 rings (SSSR count). The predicted molar refractivity (Wildman–Crippen MR) is 100 cm³/mol. The average Bonchev–Trinajstić information content (AvgIpc) is 2.67. The molecule has 1 N–H and O–H groups in total. The molecule has 1 aliphatic rings. The number of hydrogen-bond donors (Lipinski definition) is 1. The summed E-state index contributed by atoms with van der Waals surface area (Å²) in [7, 11) is 0. The molecule has 26 heavy (non-hydrogen) atoms. The molecule has 1 heterocycles. The van der Waals surface area contributed by atoms with Gasteiger partial charge in [-0.05, 0) is 60.6 Å². The van der Waals surface area contributed by atoms with E-state index in [9.17, 15) is 14.3 Å². The molecule has 2 aromatic carbocycles. The Kier molecular flexibility index (Phi) is 6.28. The summed E-state index contributed by atoms with van der Waals surface area (Å²) in [6, 6.07) is 13.6. The maximum Gasteiger partial charge on any atom is 0.222 e. The van der Waals surface area contributed by atoms with Crippen LogP contribution in [0.2, 0.25) is 5.02 Å². The smallest absolute Gasteiger partial charge is 0.222 e. The number of carbonyl (C=O) groups excluding carboxylic acids is 1. The van der Waals surface area contributed by atoms with Crippen molar-refractivity contribution in [1.29, 1.82) is 0 Å². The van der Waals surface area contributed by atoms with E-state index in [-0.39, 0.29) is 17.6 Å². The molecule has 1 unspecified atom stereocenters. The lowest BCUT2D eigenvalue weighted by atomic mass is 9.87. The Morgan fingerprint density at radius 1 is 1.12 bits per heavy atom. The first-order valence-corrected chi connectivity index (χ1v) is 9.36. The minimum Gasteiger partial charge on any atom is -0.388 e. The molecule has 5 heteroatoms. The number of halogens is 2. The number of hydrogen-bond acceptors (Lipinski definition) is 2. The van der Waals surface area contributed by atoms with Gasteiger partial charge in [-0.2, -0.15) is 0 Å². The molecule has 0 saturated carbocycles. The second-order valence-corrected chi connectivity index (χ2v) is 7.28. The predicted octanol–water partition coefficient (Wildman–Crippen LogP) is 4.38. The molecule has 0 aliphatic carbocycles. The van der Waals surface area contributed by atoms with E-state index in [1.54, 1.807) is 24.3 Å². The van der Waals surface area contributed by atoms with Crippen molar-refractivity contribution < 1.29 is 14.3 Å². The van der Waals surface area contributed by atoms with Gasteiger partial charge >= 0.3 is 0 Å². The van der Waals surface area contributed by atoms with Gasteiger partial charge in [0.25, 0.3) is 0 Å². The van der Waals surface area contributed by atoms with Crippen LogP contribution in [0, 0.1) is 11.7 Å². The van der Waals surface area contributed by atoms with Gasteiger partial charge in [-0.1, -0.05) is 35.9 Å². The number of aliphatic hydroxyl groups is 1. The zero-order valence-corrected chi connectivity index (χ0v) is 15.3. The van der Waals surface area contributed by atoms with Crippen LogP contribution in [0.1, 0.15) is 36.5 Å². The molecule has 1 atom stereocenters. The zero-order chi connectivity index (χ0) is 18.5. The highest BCUT2D eigenvalue weighted by molar-refractivity contribution is 6.30. The standard InChI is InChI=1S/C21H23ClFNO2/c22-18-6-4-16(5-7-18)21(26)17-11-13-24(14-12-17)20(25)10-3-15-1-8-19(23)9-2-15/h1-2,4-9,17,21,26H,3,10-14H2. The number of amides is 1. The highest BCUT2D eigenvalue weighted by Crippen LogP contribution is 2.31. The fourth-order valence-electron chi connectivity index (χ4n) is 3.46. The highest BCUT2D eigenvalue weighted by Gasteiger charge is 2.28. The van der Waals surface area contributed by atoms with Crippen LogP contribution in [-0.2, 0) is 11.2 Å². The van der Waals surface area contributed by atoms with Crippen LogP contribution in [0.4, 0.5) is 4.39 Å². The topological polar surface area (TPSA) is 40.5 Å². The van der Waals surface area contributed by atoms with Crippen LogP contribution in [-0.4, -0.2) is 29.0 Å². The SMILES string of the molecule is O=C(CCc1ccc(F)cc1)N1CCC(C(O)c2ccc(Cl)cc2)CC1. The molecular weight excluding hydrogens is 353 g/mol. The summed E-state index contributed by atoms with van der Waals surface area (Å²) in [5, 5.41) is 11.2. The Bertz CT molecular complexity index is 725. The molecule has 0 bridgehead atoms. The molecular formula is C21H23ClFNO2. The lowest BCUT2D eigenvalue weighted by Gasteiger charge is -2.34. The van der Waals surface area contributed by atoms with Crippen LogP contribution in [0.15, 0.2) is 48.5 Å². The van der Waals surface area contributed by atoms with Crippen molar-refractivity contribution in [3.05, 3.63) is 70.5 Å². The second kappa shape index (κ2) is 8.65. The van der Waals surface area contributed by atoms with Gasteiger partial charge in [0.15, 0.2) is 0 Å². The monoisotopic (exact) mass is 375 g/mol. The number of aliphatic hydroxyl groups excluding tert-OH is 1. The number of aryl methyl sites for hydroxylation is 1. The number of nitrogens with zero attached hydrogens (tertiary/aromatic N) is 1. The van der Waals surface area contributed by atoms with Gasteiger partial charge in [0.05, 0.1) is 6.10 Å². The summed E-state index contributed by atoms with van der Waals surface area (Å²) in [5.41, 5.74) is 1.84. The lowest BCUT2D eigenvalue weighted by molar-refractivity contribution is -0.133. The van der Waals surface area contributed by atoms with Gasteiger partial charge in [-0.3, -0.25) is 4.79 Å². The summed E-state index contributed by atoms with van der Waals surface area (Å²) < 4.78 is 12.9. The van der Waals surface area contributed by atoms with E-state index in [4.69, 9.17) is 11.6 Å². The molecule has 0 spiro atoms. The number of carbonyl (C=O) groups is 1. The average molecular weight is 376 g/mol. The molecule has 2 aromatic rings. The molecule has 1 saturated heterocycles. The number of likely N-dealkylation sites (tertiary alicyclic amines) is 1. The maximum absolute atomic E-state index is 12.9. The third kappa shape index (κ3) is 4.83. The number of piperidine rings is 1. The van der Waals surface area contributed by atoms with E-state index >= 15 is 0 Å². The van der Waals surface area contributed by atoms with Gasteiger partial charge in [-0.15, -0.1) is 0 Å². The summed E-state index contributed by atoms with van der Waals surface area (Å²) in [4.78, 5) is 14.3. The quantitative estimate of drug-likeness (QED) is 0.842. The van der Waals surface area contributed by atoms with Gasteiger partial charge in [0.1, 0.15) is 5.82 Å². The van der Waals surface area contributed by atoms with Crippen LogP contribution in [0.5, 0.6) is 0 Å². The Labute approximate surface area is 158 Å². The van der Waals surface area contributed by atoms with Crippen molar-refractivity contribution in [2.45, 2.75) is 31.8 Å². The Balaban J connectivity index is 1.47. The number of benzene rings is 2. The highest BCUT2D eigenvalue weighted by atomic mass is 35.5. The van der Waals surface area contributed by atoms with Gasteiger partial charge < -0.3 is 10.0 Å². The first-order valence-electron chi connectivity index (χ1n) is 8.98. The minimum absolute atomic E-state index is 0.119. The van der Waals surface area contributed by atoms with E-state index < -0.39 is 6.10 Å². The third-order valence-electron chi connectivity index (χ3n) is 5.09. The molecule has 1 fully saturated rings. The first kappa shape index (κ1) is 18.9. The minimum atomic E-state index is -0.524. The van der Waals surface area contributed by atoms with E-state index in [0.29, 0.717) is 31.0 Å². The van der Waals surface area contributed by atoms with E-state index in [1.165, 1.54) is 12.1 Å². The zero-order valence-electron chi connectivity index (χ0n) is 14.6. The molecule has 138 valence electrons. The van der Waals surface area contributed by atoms with Gasteiger partial charge in [-0.25, -0.2) is 4.39 Å². The van der Waals surface area contributed by atoms with Gasteiger partial charge in [0, 0.05) is 24.5 Å². The molecule has 0 aromatic heterocycles. The fourth-order valence-corrected chi connectivity index (χ4v) is 3.58. The van der Waals surface area contributed by atoms with Crippen molar-refractivity contribution in [3.8, 4) is 0 Å². The van der Waals surface area contributed by atoms with Crippen molar-refractivity contribution in [1.82, 2.24) is 4.90 Å². The lowest BCUT2D eigenvalue weighted by Crippen LogP contribution is -2.39. The summed E-state index contributed by atoms with van der Waals surface area (Å²) in [5.74, 6) is 0.00692. The van der Waals surface area contributed by atoms with Crippen LogP contribution in [0.25, 0.3) is 0 Å². The molecule has 0 radical (unpaired) electrons. The molecule has 1 aliphatic heterocycles. The van der Waals surface area contributed by atoms with E-state index in [0.717, 1.165) is 24.0 Å². The molecule has 1 amide bonds. The van der Waals surface area contributed by atoms with Crippen LogP contribution < -0.4 is 0 Å². The Hall–Kier alpha value is -1.91. The molecule has 3 nitrogen and oxygen atoms in total. The fraction of sp³-hybridized carbons (Fsp3) is 0.381. The van der Waals surface area contributed by atoms with Crippen LogP contribution >= 0.6 is 11.6 Å². The number of rotatable bonds is 5. The third-order valence-corrected chi connectivity index (χ3v) is 5.34. The van der Waals surface area contributed by atoms with E-state index in [2.05, 4.69) is 0 Å². The van der Waals surface area contributed by atoms with Crippen LogP contribution in [0.3, 0.4) is 0 Å². The van der Waals surface area contributed by atoms with Crippen molar-refractivity contribution >= 4 is 17.5 Å². The Morgan fingerprint density at radius 3 is 2.35 bits per heavy atom. The first-order chi connectivity index (χ1) is 12.5. The summed E-state index contributed by atoms with van der Waals surface area (Å²) in [6.07, 6.45) is 2.09. The van der Waals surface area contributed by atoms with Crippen molar-refractivity contribution in [2.24, 2.45) is 5.92 Å². The largest absolute Gasteiger partial charge is 0.388 e. The van der Waals surface area contributed by atoms with E-state index in [1.807, 2.05) is 17.0 Å². The Morgan fingerprint density at radius 2 is 1.73 bits per heavy atom.